The highest BCUT2D eigenvalue weighted by Gasteiger charge is 2.26. The molecule has 2 aliphatic rings. The Balaban J connectivity index is 1.60. The topological polar surface area (TPSA) is 30.3 Å². The Morgan fingerprint density at radius 1 is 1.25 bits per heavy atom. The Labute approximate surface area is 119 Å². The maximum Gasteiger partial charge on any atom is 0.128 e. The van der Waals surface area contributed by atoms with E-state index in [1.54, 1.807) is 0 Å². The van der Waals surface area contributed by atoms with Gasteiger partial charge >= 0.3 is 0 Å². The molecule has 2 heterocycles. The van der Waals surface area contributed by atoms with Gasteiger partial charge in [-0.25, -0.2) is 4.39 Å². The average Bonchev–Trinajstić information content (AvgIpc) is 3.00. The molecule has 0 amide bonds. The van der Waals surface area contributed by atoms with Crippen molar-refractivity contribution >= 4 is 5.84 Å². The lowest BCUT2D eigenvalue weighted by molar-refractivity contribution is 0.251. The molecular weight excluding hydrogens is 253 g/mol. The van der Waals surface area contributed by atoms with Crippen LogP contribution in [0.1, 0.15) is 30.9 Å². The van der Waals surface area contributed by atoms with Crippen LogP contribution in [0.2, 0.25) is 0 Å². The number of nitrogens with one attached hydrogen (secondary N) is 1. The maximum atomic E-state index is 13.3. The second kappa shape index (κ2) is 5.52. The first-order valence-electron chi connectivity index (χ1n) is 7.48. The minimum absolute atomic E-state index is 0.250. The van der Waals surface area contributed by atoms with Crippen molar-refractivity contribution in [2.45, 2.75) is 26.3 Å². The summed E-state index contributed by atoms with van der Waals surface area (Å²) >= 11 is 0. The van der Waals surface area contributed by atoms with Gasteiger partial charge < -0.3 is 9.80 Å². The van der Waals surface area contributed by atoms with Gasteiger partial charge in [-0.3, -0.25) is 5.41 Å². The van der Waals surface area contributed by atoms with Crippen LogP contribution in [0.4, 0.5) is 4.39 Å². The standard InChI is InChI=1S/C16H22FN3/c1-12(9-19-6-2-3-7-19)10-20-11-13-4-5-14(17)8-15(13)16(20)18/h4-5,8,12,18H,2-3,6-7,9-11H2,1H3. The van der Waals surface area contributed by atoms with E-state index in [2.05, 4.69) is 16.7 Å². The number of likely N-dealkylation sites (tertiary alicyclic amines) is 1. The average molecular weight is 275 g/mol. The largest absolute Gasteiger partial charge is 0.352 e. The molecule has 1 fully saturated rings. The first kappa shape index (κ1) is 13.6. The Bertz CT molecular complexity index is 508. The number of nitrogens with zero attached hydrogens (tertiary/aromatic N) is 2. The highest BCUT2D eigenvalue weighted by molar-refractivity contribution is 6.00. The lowest BCUT2D eigenvalue weighted by Crippen LogP contribution is -2.34. The fourth-order valence-electron chi connectivity index (χ4n) is 3.36. The molecule has 0 radical (unpaired) electrons. The van der Waals surface area contributed by atoms with E-state index < -0.39 is 0 Å². The van der Waals surface area contributed by atoms with Crippen molar-refractivity contribution in [1.82, 2.24) is 9.80 Å². The highest BCUT2D eigenvalue weighted by Crippen LogP contribution is 2.24. The number of hydrogen-bond acceptors (Lipinski definition) is 2. The predicted octanol–water partition coefficient (Wildman–Crippen LogP) is 2.70. The molecule has 0 bridgehead atoms. The molecule has 20 heavy (non-hydrogen) atoms. The zero-order valence-electron chi connectivity index (χ0n) is 12.0. The molecule has 1 aromatic rings. The molecular formula is C16H22FN3. The van der Waals surface area contributed by atoms with Gasteiger partial charge in [0.2, 0.25) is 0 Å². The normalized spacial score (nSPS) is 20.5. The van der Waals surface area contributed by atoms with E-state index in [1.807, 2.05) is 6.07 Å². The Kier molecular flexibility index (Phi) is 3.74. The smallest absolute Gasteiger partial charge is 0.128 e. The second-order valence-corrected chi connectivity index (χ2v) is 6.14. The summed E-state index contributed by atoms with van der Waals surface area (Å²) in [5.74, 6) is 0.765. The van der Waals surface area contributed by atoms with Gasteiger partial charge in [-0.05, 0) is 49.5 Å². The molecule has 0 saturated carbocycles. The molecule has 1 N–H and O–H groups in total. The lowest BCUT2D eigenvalue weighted by atomic mass is 10.1. The highest BCUT2D eigenvalue weighted by atomic mass is 19.1. The van der Waals surface area contributed by atoms with Crippen molar-refractivity contribution in [3.05, 3.63) is 35.1 Å². The second-order valence-electron chi connectivity index (χ2n) is 6.14. The zero-order valence-corrected chi connectivity index (χ0v) is 12.0. The Morgan fingerprint density at radius 3 is 2.75 bits per heavy atom. The van der Waals surface area contributed by atoms with Gasteiger partial charge in [-0.15, -0.1) is 0 Å². The summed E-state index contributed by atoms with van der Waals surface area (Å²) in [6.07, 6.45) is 2.63. The van der Waals surface area contributed by atoms with Crippen LogP contribution in [0.15, 0.2) is 18.2 Å². The summed E-state index contributed by atoms with van der Waals surface area (Å²) in [5.41, 5.74) is 1.84. The van der Waals surface area contributed by atoms with Crippen molar-refractivity contribution in [3.63, 3.8) is 0 Å². The van der Waals surface area contributed by atoms with E-state index in [0.29, 0.717) is 11.8 Å². The van der Waals surface area contributed by atoms with Gasteiger partial charge in [-0.2, -0.15) is 0 Å². The van der Waals surface area contributed by atoms with E-state index in [0.717, 1.165) is 30.8 Å². The van der Waals surface area contributed by atoms with Crippen LogP contribution in [-0.2, 0) is 6.54 Å². The first-order chi connectivity index (χ1) is 9.63. The van der Waals surface area contributed by atoms with Crippen molar-refractivity contribution in [2.24, 2.45) is 5.92 Å². The van der Waals surface area contributed by atoms with Gasteiger partial charge in [-0.1, -0.05) is 13.0 Å². The molecule has 1 aromatic carbocycles. The van der Waals surface area contributed by atoms with Crippen LogP contribution in [-0.4, -0.2) is 41.8 Å². The number of rotatable bonds is 4. The molecule has 1 unspecified atom stereocenters. The molecule has 1 saturated heterocycles. The van der Waals surface area contributed by atoms with Crippen LogP contribution in [0.25, 0.3) is 0 Å². The lowest BCUT2D eigenvalue weighted by Gasteiger charge is -2.26. The fraction of sp³-hybridized carbons (Fsp3) is 0.562. The van der Waals surface area contributed by atoms with E-state index in [-0.39, 0.29) is 5.82 Å². The molecule has 1 atom stereocenters. The zero-order chi connectivity index (χ0) is 14.1. The molecule has 3 rings (SSSR count). The van der Waals surface area contributed by atoms with Crippen molar-refractivity contribution in [3.8, 4) is 0 Å². The van der Waals surface area contributed by atoms with Crippen molar-refractivity contribution in [1.29, 1.82) is 5.41 Å². The number of benzene rings is 1. The van der Waals surface area contributed by atoms with Gasteiger partial charge in [0.15, 0.2) is 0 Å². The van der Waals surface area contributed by atoms with E-state index in [9.17, 15) is 4.39 Å². The van der Waals surface area contributed by atoms with Crippen LogP contribution >= 0.6 is 0 Å². The molecule has 3 nitrogen and oxygen atoms in total. The molecule has 108 valence electrons. The van der Waals surface area contributed by atoms with Gasteiger partial charge in [0.1, 0.15) is 11.7 Å². The van der Waals surface area contributed by atoms with E-state index >= 15 is 0 Å². The number of amidine groups is 1. The molecule has 2 aliphatic heterocycles. The predicted molar refractivity (Wildman–Crippen MR) is 78.5 cm³/mol. The first-order valence-corrected chi connectivity index (χ1v) is 7.48. The number of halogens is 1. The van der Waals surface area contributed by atoms with Gasteiger partial charge in [0.25, 0.3) is 0 Å². The Hall–Kier alpha value is -1.42. The van der Waals surface area contributed by atoms with Gasteiger partial charge in [0, 0.05) is 25.2 Å². The summed E-state index contributed by atoms with van der Waals surface area (Å²) < 4.78 is 13.3. The van der Waals surface area contributed by atoms with Gasteiger partial charge in [0.05, 0.1) is 0 Å². The van der Waals surface area contributed by atoms with Crippen LogP contribution in [0.5, 0.6) is 0 Å². The minimum atomic E-state index is -0.250. The SMILES string of the molecule is CC(CN1CCCC1)CN1Cc2ccc(F)cc2C1=N. The third-order valence-corrected chi connectivity index (χ3v) is 4.31. The molecule has 0 aliphatic carbocycles. The van der Waals surface area contributed by atoms with Crippen molar-refractivity contribution < 1.29 is 4.39 Å². The summed E-state index contributed by atoms with van der Waals surface area (Å²) in [5, 5.41) is 8.21. The fourth-order valence-corrected chi connectivity index (χ4v) is 3.36. The van der Waals surface area contributed by atoms with E-state index in [4.69, 9.17) is 5.41 Å². The van der Waals surface area contributed by atoms with Crippen LogP contribution < -0.4 is 0 Å². The van der Waals surface area contributed by atoms with Crippen LogP contribution in [0, 0.1) is 17.1 Å². The summed E-state index contributed by atoms with van der Waals surface area (Å²) in [4.78, 5) is 4.59. The maximum absolute atomic E-state index is 13.3. The molecule has 0 spiro atoms. The third kappa shape index (κ3) is 2.70. The van der Waals surface area contributed by atoms with E-state index in [1.165, 1.54) is 38.1 Å². The minimum Gasteiger partial charge on any atom is -0.352 e. The summed E-state index contributed by atoms with van der Waals surface area (Å²) in [6.45, 7) is 7.41. The van der Waals surface area contributed by atoms with Crippen molar-refractivity contribution in [2.75, 3.05) is 26.2 Å². The van der Waals surface area contributed by atoms with Crippen LogP contribution in [0.3, 0.4) is 0 Å². The number of hydrogen-bond donors (Lipinski definition) is 1. The quantitative estimate of drug-likeness (QED) is 0.915. The number of fused-ring (bicyclic) bond motifs is 1. The third-order valence-electron chi connectivity index (χ3n) is 4.31. The summed E-state index contributed by atoms with van der Waals surface area (Å²) in [6, 6.07) is 4.79. The Morgan fingerprint density at radius 2 is 2.00 bits per heavy atom. The molecule has 4 heteroatoms. The molecule has 0 aromatic heterocycles. The summed E-state index contributed by atoms with van der Waals surface area (Å²) in [7, 11) is 0. The monoisotopic (exact) mass is 275 g/mol.